The molecule has 0 aromatic heterocycles. The van der Waals surface area contributed by atoms with Crippen molar-refractivity contribution in [3.05, 3.63) is 45.0 Å². The van der Waals surface area contributed by atoms with Crippen molar-refractivity contribution < 1.29 is 0 Å². The molecule has 0 aliphatic rings. The molecule has 0 radical (unpaired) electrons. The van der Waals surface area contributed by atoms with Gasteiger partial charge in [-0.1, -0.05) is 50.3 Å². The largest absolute Gasteiger partial charge is 0.0654 e. The van der Waals surface area contributed by atoms with Crippen LogP contribution in [0.1, 0.15) is 45.1 Å². The van der Waals surface area contributed by atoms with Crippen molar-refractivity contribution in [3.8, 4) is 11.8 Å². The zero-order chi connectivity index (χ0) is 12.5. The monoisotopic (exact) mass is 338 g/mol. The zero-order valence-electron chi connectivity index (χ0n) is 10.6. The average Bonchev–Trinajstić information content (AvgIpc) is 2.38. The minimum atomic E-state index is 1.03. The highest BCUT2D eigenvalue weighted by Crippen LogP contribution is 2.21. The number of rotatable bonds is 4. The third-order valence-corrected chi connectivity index (χ3v) is 3.75. The number of halogens is 1. The predicted octanol–water partition coefficient (Wildman–Crippen LogP) is 5.33. The van der Waals surface area contributed by atoms with Gasteiger partial charge in [0, 0.05) is 14.7 Å². The Morgan fingerprint density at radius 1 is 1.18 bits per heavy atom. The molecule has 0 bridgehead atoms. The van der Waals surface area contributed by atoms with E-state index in [-0.39, 0.29) is 0 Å². The predicted molar refractivity (Wildman–Crippen MR) is 84.2 cm³/mol. The van der Waals surface area contributed by atoms with Gasteiger partial charge in [0.15, 0.2) is 0 Å². The lowest BCUT2D eigenvalue weighted by atomic mass is 10.1. The first-order chi connectivity index (χ1) is 8.27. The smallest absolute Gasteiger partial charge is 0.0248 e. The molecule has 0 unspecified atom stereocenters. The summed E-state index contributed by atoms with van der Waals surface area (Å²) in [6.07, 6.45) is 4.70. The fourth-order valence-electron chi connectivity index (χ4n) is 1.50. The van der Waals surface area contributed by atoms with E-state index in [1.54, 1.807) is 0 Å². The van der Waals surface area contributed by atoms with Gasteiger partial charge >= 0.3 is 0 Å². The molecule has 0 aliphatic carbocycles. The van der Waals surface area contributed by atoms with Gasteiger partial charge in [-0.25, -0.2) is 0 Å². The maximum atomic E-state index is 3.32. The molecule has 1 aromatic carbocycles. The summed E-state index contributed by atoms with van der Waals surface area (Å²) in [6, 6.07) is 10.2. The number of hydrogen-bond acceptors (Lipinski definition) is 0. The first kappa shape index (κ1) is 14.3. The van der Waals surface area contributed by atoms with Crippen molar-refractivity contribution in [1.29, 1.82) is 0 Å². The Hall–Kier alpha value is -0.750. The number of unbranched alkanes of at least 4 members (excludes halogenated alkanes) is 1. The van der Waals surface area contributed by atoms with Gasteiger partial charge in [0.25, 0.3) is 0 Å². The van der Waals surface area contributed by atoms with Crippen LogP contribution in [-0.2, 0) is 0 Å². The van der Waals surface area contributed by atoms with Gasteiger partial charge in [0.05, 0.1) is 0 Å². The summed E-state index contributed by atoms with van der Waals surface area (Å²) in [5.74, 6) is 6.56. The summed E-state index contributed by atoms with van der Waals surface area (Å²) in [5, 5.41) is 0. The summed E-state index contributed by atoms with van der Waals surface area (Å²) >= 11 is 2.45. The topological polar surface area (TPSA) is 0 Å². The standard InChI is InChI=1S/C16H19I/c1-3-5-11-16(17)15(4-2)13-12-14-9-7-6-8-10-14/h6-10H,3-5,11H2,1-2H3/b16-15-. The number of hydrogen-bond donors (Lipinski definition) is 0. The van der Waals surface area contributed by atoms with Crippen LogP contribution in [0, 0.1) is 11.8 Å². The third kappa shape index (κ3) is 5.41. The Bertz CT molecular complexity index is 418. The average molecular weight is 338 g/mol. The van der Waals surface area contributed by atoms with Gasteiger partial charge in [0.1, 0.15) is 0 Å². The van der Waals surface area contributed by atoms with E-state index >= 15 is 0 Å². The van der Waals surface area contributed by atoms with Crippen LogP contribution in [0.3, 0.4) is 0 Å². The highest BCUT2D eigenvalue weighted by Gasteiger charge is 1.98. The van der Waals surface area contributed by atoms with E-state index < -0.39 is 0 Å². The molecular weight excluding hydrogens is 319 g/mol. The normalized spacial score (nSPS) is 11.5. The van der Waals surface area contributed by atoms with Crippen LogP contribution in [0.15, 0.2) is 39.5 Å². The van der Waals surface area contributed by atoms with E-state index in [0.717, 1.165) is 12.0 Å². The maximum absolute atomic E-state index is 3.32. The Morgan fingerprint density at radius 2 is 1.88 bits per heavy atom. The number of allylic oxidation sites excluding steroid dienone is 2. The maximum Gasteiger partial charge on any atom is 0.0248 e. The summed E-state index contributed by atoms with van der Waals surface area (Å²) in [5.41, 5.74) is 2.39. The van der Waals surface area contributed by atoms with Gasteiger partial charge in [0.2, 0.25) is 0 Å². The van der Waals surface area contributed by atoms with Gasteiger partial charge in [-0.05, 0) is 54.0 Å². The second kappa shape index (κ2) is 8.36. The summed E-state index contributed by atoms with van der Waals surface area (Å²) in [4.78, 5) is 0. The van der Waals surface area contributed by atoms with Crippen LogP contribution in [0.25, 0.3) is 0 Å². The Balaban J connectivity index is 2.80. The molecule has 0 fully saturated rings. The van der Waals surface area contributed by atoms with Crippen LogP contribution in [-0.4, -0.2) is 0 Å². The molecule has 0 saturated heterocycles. The fourth-order valence-corrected chi connectivity index (χ4v) is 2.40. The third-order valence-electron chi connectivity index (χ3n) is 2.56. The van der Waals surface area contributed by atoms with Crippen molar-refractivity contribution in [2.75, 3.05) is 0 Å². The molecule has 0 nitrogen and oxygen atoms in total. The summed E-state index contributed by atoms with van der Waals surface area (Å²) in [6.45, 7) is 4.41. The van der Waals surface area contributed by atoms with Crippen molar-refractivity contribution >= 4 is 22.6 Å². The van der Waals surface area contributed by atoms with Gasteiger partial charge < -0.3 is 0 Å². The molecule has 0 atom stereocenters. The molecule has 0 heterocycles. The molecule has 0 aliphatic heterocycles. The van der Waals surface area contributed by atoms with E-state index in [1.165, 1.54) is 28.4 Å². The summed E-state index contributed by atoms with van der Waals surface area (Å²) in [7, 11) is 0. The van der Waals surface area contributed by atoms with E-state index in [4.69, 9.17) is 0 Å². The Morgan fingerprint density at radius 3 is 2.47 bits per heavy atom. The summed E-state index contributed by atoms with van der Waals surface area (Å²) < 4.78 is 1.43. The zero-order valence-corrected chi connectivity index (χ0v) is 12.8. The van der Waals surface area contributed by atoms with E-state index in [2.05, 4.69) is 60.4 Å². The van der Waals surface area contributed by atoms with E-state index in [9.17, 15) is 0 Å². The first-order valence-corrected chi connectivity index (χ1v) is 7.30. The Kier molecular flexibility index (Phi) is 7.04. The molecule has 1 rings (SSSR count). The molecule has 0 amide bonds. The molecule has 0 saturated carbocycles. The number of benzene rings is 1. The van der Waals surface area contributed by atoms with Gasteiger partial charge in [-0.2, -0.15) is 0 Å². The second-order valence-corrected chi connectivity index (χ2v) is 5.26. The van der Waals surface area contributed by atoms with Gasteiger partial charge in [-0.15, -0.1) is 0 Å². The minimum absolute atomic E-state index is 1.03. The van der Waals surface area contributed by atoms with Crippen molar-refractivity contribution in [1.82, 2.24) is 0 Å². The van der Waals surface area contributed by atoms with Crippen LogP contribution in [0.4, 0.5) is 0 Å². The highest BCUT2D eigenvalue weighted by molar-refractivity contribution is 14.1. The van der Waals surface area contributed by atoms with Crippen LogP contribution >= 0.6 is 22.6 Å². The quantitative estimate of drug-likeness (QED) is 0.514. The molecule has 0 spiro atoms. The van der Waals surface area contributed by atoms with Crippen LogP contribution in [0.2, 0.25) is 0 Å². The fraction of sp³-hybridized carbons (Fsp3) is 0.375. The lowest BCUT2D eigenvalue weighted by Gasteiger charge is -2.01. The molecular formula is C16H19I. The van der Waals surface area contributed by atoms with E-state index in [1.807, 2.05) is 18.2 Å². The van der Waals surface area contributed by atoms with Crippen molar-refractivity contribution in [2.24, 2.45) is 0 Å². The van der Waals surface area contributed by atoms with Crippen molar-refractivity contribution in [2.45, 2.75) is 39.5 Å². The highest BCUT2D eigenvalue weighted by atomic mass is 127. The lowest BCUT2D eigenvalue weighted by molar-refractivity contribution is 0.807. The molecule has 17 heavy (non-hydrogen) atoms. The minimum Gasteiger partial charge on any atom is -0.0654 e. The molecule has 1 aromatic rings. The first-order valence-electron chi connectivity index (χ1n) is 6.22. The molecule has 0 N–H and O–H groups in total. The molecule has 1 heteroatoms. The second-order valence-electron chi connectivity index (χ2n) is 3.96. The molecule has 90 valence electrons. The van der Waals surface area contributed by atoms with Gasteiger partial charge in [-0.3, -0.25) is 0 Å². The Labute approximate surface area is 119 Å². The van der Waals surface area contributed by atoms with Crippen LogP contribution < -0.4 is 0 Å². The SMILES string of the molecule is CCCC/C(I)=C(/C#Cc1ccccc1)CC. The van der Waals surface area contributed by atoms with Crippen LogP contribution in [0.5, 0.6) is 0 Å². The lowest BCUT2D eigenvalue weighted by Crippen LogP contribution is -1.83. The van der Waals surface area contributed by atoms with E-state index in [0.29, 0.717) is 0 Å². The van der Waals surface area contributed by atoms with Crippen molar-refractivity contribution in [3.63, 3.8) is 0 Å².